The maximum atomic E-state index is 1.83. The summed E-state index contributed by atoms with van der Waals surface area (Å²) in [5.74, 6) is 0. The third kappa shape index (κ3) is 0.672. The van der Waals surface area contributed by atoms with Crippen molar-refractivity contribution in [2.24, 2.45) is 0 Å². The summed E-state index contributed by atoms with van der Waals surface area (Å²) in [6.45, 7) is 0. The quantitative estimate of drug-likeness (QED) is 0.460. The van der Waals surface area contributed by atoms with Crippen LogP contribution in [0, 0.1) is 0 Å². The van der Waals surface area contributed by atoms with Crippen molar-refractivity contribution in [3.8, 4) is 0 Å². The smallest absolute Gasteiger partial charge is 0 e. The van der Waals surface area contributed by atoms with E-state index < -0.39 is 0 Å². The van der Waals surface area contributed by atoms with Gasteiger partial charge in [0, 0.05) is 39.3 Å². The highest BCUT2D eigenvalue weighted by Crippen LogP contribution is 2.65. The molecular weight excluding hydrogens is 128 g/mol. The maximum absolute atomic E-state index is 1.83. The first-order chi connectivity index (χ1) is 2.00. The summed E-state index contributed by atoms with van der Waals surface area (Å²) >= 11 is 0. The van der Waals surface area contributed by atoms with Crippen molar-refractivity contribution in [1.29, 1.82) is 0 Å². The molecule has 0 aromatic carbocycles. The molecule has 0 aromatic heterocycles. The molecule has 1 heterocycles. The van der Waals surface area contributed by atoms with Crippen molar-refractivity contribution in [2.75, 3.05) is 0 Å². The molecule has 0 spiro atoms. The van der Waals surface area contributed by atoms with Crippen LogP contribution in [0.1, 0.15) is 0 Å². The van der Waals surface area contributed by atoms with Gasteiger partial charge in [-0.3, -0.25) is 0 Å². The molecule has 1 rings (SSSR count). The van der Waals surface area contributed by atoms with Gasteiger partial charge in [-0.2, -0.15) is 0 Å². The zero-order chi connectivity index (χ0) is 2.83. The van der Waals surface area contributed by atoms with E-state index in [0.29, 0.717) is 0 Å². The fourth-order valence-corrected chi connectivity index (χ4v) is 2.25. The molecule has 0 amide bonds. The second-order valence-electron chi connectivity index (χ2n) is 0.272. The average molecular weight is 128 g/mol. The van der Waals surface area contributed by atoms with Crippen molar-refractivity contribution in [3.63, 3.8) is 0 Å². The van der Waals surface area contributed by atoms with Gasteiger partial charge in [0.1, 0.15) is 0 Å². The van der Waals surface area contributed by atoms with E-state index in [-0.39, 0.29) is 0 Å². The number of hydrogen-bond acceptors (Lipinski definition) is 4. The zero-order valence-corrected chi connectivity index (χ0v) is 4.90. The Morgan fingerprint density at radius 1 is 0.500 bits per heavy atom. The molecule has 0 bridgehead atoms. The third-order valence-electron chi connectivity index (χ3n) is 0.111. The van der Waals surface area contributed by atoms with E-state index in [4.69, 9.17) is 0 Å². The third-order valence-corrected chi connectivity index (χ3v) is 9.00. The van der Waals surface area contributed by atoms with Crippen LogP contribution in [0.5, 0.6) is 0 Å². The molecule has 0 aromatic rings. The van der Waals surface area contributed by atoms with Crippen LogP contribution in [-0.4, -0.2) is 0 Å². The van der Waals surface area contributed by atoms with Crippen LogP contribution in [0.15, 0.2) is 0 Å². The van der Waals surface area contributed by atoms with Crippen molar-refractivity contribution in [1.82, 2.24) is 0 Å². The fourth-order valence-electron chi connectivity index (χ4n) is 0.0278. The van der Waals surface area contributed by atoms with Crippen LogP contribution in [0.25, 0.3) is 0 Å². The van der Waals surface area contributed by atoms with E-state index in [1.165, 1.54) is 0 Å². The van der Waals surface area contributed by atoms with Gasteiger partial charge >= 0.3 is 0 Å². The highest BCUT2D eigenvalue weighted by molar-refractivity contribution is 9.59. The molecule has 0 aliphatic carbocycles. The Balaban J connectivity index is 2.00. The highest BCUT2D eigenvalue weighted by atomic mass is 34.1. The van der Waals surface area contributed by atoms with E-state index in [1.807, 2.05) is 39.3 Å². The van der Waals surface area contributed by atoms with E-state index in [0.717, 1.165) is 0 Å². The van der Waals surface area contributed by atoms with Gasteiger partial charge in [-0.1, -0.05) is 0 Å². The number of rotatable bonds is 0. The molecule has 0 saturated carbocycles. The molecule has 4 heteroatoms. The van der Waals surface area contributed by atoms with Gasteiger partial charge in [-0.25, -0.2) is 0 Å². The summed E-state index contributed by atoms with van der Waals surface area (Å²) in [6, 6.07) is 0. The minimum Gasteiger partial charge on any atom is 0 e. The van der Waals surface area contributed by atoms with Gasteiger partial charge in [0.2, 0.25) is 0 Å². The second-order valence-corrected chi connectivity index (χ2v) is 7.35. The lowest BCUT2D eigenvalue weighted by atomic mass is 30.1. The van der Waals surface area contributed by atoms with Crippen LogP contribution in [0.4, 0.5) is 0 Å². The van der Waals surface area contributed by atoms with Crippen LogP contribution < -0.4 is 0 Å². The van der Waals surface area contributed by atoms with E-state index in [2.05, 4.69) is 0 Å². The first-order valence-electron chi connectivity index (χ1n) is 0.667. The molecule has 0 nitrogen and oxygen atoms in total. The van der Waals surface area contributed by atoms with Crippen LogP contribution in [0.2, 0.25) is 0 Å². The topological polar surface area (TPSA) is 0 Å². The lowest BCUT2D eigenvalue weighted by molar-refractivity contribution is 5.59. The van der Waals surface area contributed by atoms with Crippen molar-refractivity contribution in [3.05, 3.63) is 0 Å². The average Bonchev–Trinajstić information content (AvgIpc) is 0.722. The van der Waals surface area contributed by atoms with Crippen LogP contribution >= 0.6 is 39.3 Å². The van der Waals surface area contributed by atoms with Gasteiger partial charge < -0.3 is 0 Å². The summed E-state index contributed by atoms with van der Waals surface area (Å²) in [5.41, 5.74) is 0. The normalized spacial score (nSPS) is 24.0. The first kappa shape index (κ1) is 3.59. The van der Waals surface area contributed by atoms with Crippen molar-refractivity contribution < 1.29 is 0 Å². The van der Waals surface area contributed by atoms with Crippen molar-refractivity contribution in [2.45, 2.75) is 0 Å². The van der Waals surface area contributed by atoms with E-state index in [9.17, 15) is 0 Å². The Bertz CT molecular complexity index is 8.00. The zero-order valence-electron chi connectivity index (χ0n) is 1.63. The highest BCUT2D eigenvalue weighted by Gasteiger charge is 2.00. The molecule has 0 atom stereocenters. The van der Waals surface area contributed by atoms with E-state index in [1.54, 1.807) is 0 Å². The van der Waals surface area contributed by atoms with E-state index >= 15 is 0 Å². The molecule has 0 radical (unpaired) electrons. The molecule has 1 fully saturated rings. The van der Waals surface area contributed by atoms with Gasteiger partial charge in [0.25, 0.3) is 0 Å². The molecule has 4 heavy (non-hydrogen) atoms. The molecule has 0 unspecified atom stereocenters. The fraction of sp³-hybridized carbons (Fsp3) is 0. The predicted molar refractivity (Wildman–Crippen MR) is 30.4 cm³/mol. The van der Waals surface area contributed by atoms with Gasteiger partial charge in [0.15, 0.2) is 0 Å². The Kier molecular flexibility index (Phi) is 1.56. The lowest BCUT2D eigenvalue weighted by Crippen LogP contribution is -1.35. The summed E-state index contributed by atoms with van der Waals surface area (Å²) in [6.07, 6.45) is 0. The summed E-state index contributed by atoms with van der Waals surface area (Å²) in [5, 5.41) is 0. The molecule has 1 aliphatic rings. The van der Waals surface area contributed by atoms with Gasteiger partial charge in [-0.05, 0) is 0 Å². The van der Waals surface area contributed by atoms with Gasteiger partial charge in [-0.15, -0.1) is 0 Å². The molecule has 1 aliphatic heterocycles. The Hall–Kier alpha value is 1.40. The standard InChI is InChI=1S/S4/c1-2-4-3-1. The summed E-state index contributed by atoms with van der Waals surface area (Å²) in [4.78, 5) is 0. The molecular formula is S4. The molecule has 24 valence electrons. The van der Waals surface area contributed by atoms with Crippen molar-refractivity contribution >= 4 is 39.3 Å². The predicted octanol–water partition coefficient (Wildman–Crippen LogP) is 2.59. The second kappa shape index (κ2) is 1.74. The summed E-state index contributed by atoms with van der Waals surface area (Å²) in [7, 11) is 7.33. The monoisotopic (exact) mass is 128 g/mol. The Morgan fingerprint density at radius 2 is 0.750 bits per heavy atom. The lowest BCUT2D eigenvalue weighted by Gasteiger charge is -2.00. The summed E-state index contributed by atoms with van der Waals surface area (Å²) < 4.78 is 0. The minimum atomic E-state index is 1.83. The number of hydrogen-bond donors (Lipinski definition) is 0. The van der Waals surface area contributed by atoms with Gasteiger partial charge in [0.05, 0.1) is 0 Å². The Morgan fingerprint density at radius 3 is 0.750 bits per heavy atom. The molecule has 1 saturated heterocycles. The largest absolute Gasteiger partial charge is 0 e. The first-order valence-corrected chi connectivity index (χ1v) is 6.00. The minimum absolute atomic E-state index is 1.83. The molecule has 0 N–H and O–H groups in total. The van der Waals surface area contributed by atoms with Crippen LogP contribution in [0.3, 0.4) is 0 Å². The maximum Gasteiger partial charge on any atom is 0 e. The van der Waals surface area contributed by atoms with Crippen LogP contribution in [-0.2, 0) is 0 Å². The SMILES string of the molecule is S1SSS1. The Labute approximate surface area is 39.5 Å².